The summed E-state index contributed by atoms with van der Waals surface area (Å²) < 4.78 is 6.02. The Balaban J connectivity index is 1.51. The van der Waals surface area contributed by atoms with Crippen LogP contribution in [0.3, 0.4) is 0 Å². The molecule has 0 radical (unpaired) electrons. The molecule has 0 saturated carbocycles. The van der Waals surface area contributed by atoms with Crippen LogP contribution in [0.15, 0.2) is 81.7 Å². The number of ketones is 1. The number of benzene rings is 2. The van der Waals surface area contributed by atoms with Crippen LogP contribution in [0, 0.1) is 5.53 Å². The van der Waals surface area contributed by atoms with Crippen molar-refractivity contribution in [1.82, 2.24) is 15.1 Å². The van der Waals surface area contributed by atoms with Gasteiger partial charge in [-0.05, 0) is 48.9 Å². The molecule has 182 valence electrons. The van der Waals surface area contributed by atoms with Gasteiger partial charge in [0, 0.05) is 34.0 Å². The Bertz CT molecular complexity index is 1450. The van der Waals surface area contributed by atoms with E-state index in [0.29, 0.717) is 33.6 Å². The standard InChI is InChI=1S/C25H21ClN6O3S/c1-13(30-27)23(36)25(34)32-11-19-22(20(33)12-32)21(18-10-28-31-24(18)29-19)14-3-2-4-17(9-14)35-16-7-5-15(26)6-8-16/h2-10,21,27,36H,11-12H2,1H3,(H2,28,29,31)/b23-13-,30-27?. The molecule has 5 rings (SSSR count). The van der Waals surface area contributed by atoms with Gasteiger partial charge in [-0.2, -0.15) is 10.2 Å². The number of aromatic amines is 1. The van der Waals surface area contributed by atoms with Crippen molar-refractivity contribution in [1.29, 1.82) is 5.53 Å². The number of carbonyl (C=O) groups excluding carboxylic acids is 2. The fourth-order valence-corrected chi connectivity index (χ4v) is 4.68. The Morgan fingerprint density at radius 3 is 2.75 bits per heavy atom. The maximum atomic E-state index is 13.5. The van der Waals surface area contributed by atoms with Gasteiger partial charge in [-0.3, -0.25) is 14.7 Å². The second kappa shape index (κ2) is 9.63. The van der Waals surface area contributed by atoms with Gasteiger partial charge in [-0.1, -0.05) is 23.7 Å². The van der Waals surface area contributed by atoms with E-state index in [2.05, 4.69) is 33.3 Å². The van der Waals surface area contributed by atoms with Crippen LogP contribution < -0.4 is 10.1 Å². The number of nitrogens with zero attached hydrogens (tertiary/aromatic N) is 3. The summed E-state index contributed by atoms with van der Waals surface area (Å²) in [6.07, 6.45) is 1.77. The molecular weight excluding hydrogens is 500 g/mol. The molecule has 0 spiro atoms. The zero-order chi connectivity index (χ0) is 25.4. The number of thiol groups is 1. The Hall–Kier alpha value is -3.89. The molecule has 9 nitrogen and oxygen atoms in total. The maximum Gasteiger partial charge on any atom is 0.262 e. The minimum absolute atomic E-state index is 0.0294. The van der Waals surface area contributed by atoms with Gasteiger partial charge in [0.15, 0.2) is 11.6 Å². The van der Waals surface area contributed by atoms with Crippen molar-refractivity contribution in [3.8, 4) is 11.5 Å². The van der Waals surface area contributed by atoms with E-state index in [1.807, 2.05) is 24.3 Å². The molecule has 0 saturated heterocycles. The molecule has 2 aliphatic rings. The third-order valence-corrected chi connectivity index (χ3v) is 6.86. The highest BCUT2D eigenvalue weighted by Gasteiger charge is 2.40. The minimum Gasteiger partial charge on any atom is -0.457 e. The monoisotopic (exact) mass is 520 g/mol. The van der Waals surface area contributed by atoms with Crippen LogP contribution in [0.25, 0.3) is 0 Å². The number of amides is 1. The van der Waals surface area contributed by atoms with Crippen molar-refractivity contribution in [3.63, 3.8) is 0 Å². The predicted octanol–water partition coefficient (Wildman–Crippen LogP) is 5.27. The Morgan fingerprint density at radius 1 is 1.22 bits per heavy atom. The minimum atomic E-state index is -0.462. The lowest BCUT2D eigenvalue weighted by Crippen LogP contribution is -2.45. The van der Waals surface area contributed by atoms with Gasteiger partial charge in [0.1, 0.15) is 11.5 Å². The maximum absolute atomic E-state index is 13.5. The van der Waals surface area contributed by atoms with Crippen LogP contribution in [-0.2, 0) is 9.59 Å². The smallest absolute Gasteiger partial charge is 0.262 e. The summed E-state index contributed by atoms with van der Waals surface area (Å²) in [5, 5.41) is 14.3. The van der Waals surface area contributed by atoms with E-state index in [1.54, 1.807) is 30.5 Å². The first-order valence-corrected chi connectivity index (χ1v) is 11.8. The topological polar surface area (TPSA) is 124 Å². The van der Waals surface area contributed by atoms with Gasteiger partial charge in [-0.25, -0.2) is 5.53 Å². The van der Waals surface area contributed by atoms with E-state index in [4.69, 9.17) is 21.9 Å². The molecule has 2 aromatic carbocycles. The van der Waals surface area contributed by atoms with E-state index in [-0.39, 0.29) is 29.5 Å². The largest absolute Gasteiger partial charge is 0.457 e. The molecule has 0 aliphatic carbocycles. The van der Waals surface area contributed by atoms with Crippen molar-refractivity contribution in [2.24, 2.45) is 5.11 Å². The third-order valence-electron chi connectivity index (χ3n) is 6.09. The Labute approximate surface area is 217 Å². The van der Waals surface area contributed by atoms with Gasteiger partial charge in [0.25, 0.3) is 5.91 Å². The highest BCUT2D eigenvalue weighted by Crippen LogP contribution is 2.43. The average molecular weight is 521 g/mol. The average Bonchev–Trinajstić information content (AvgIpc) is 3.35. The summed E-state index contributed by atoms with van der Waals surface area (Å²) in [4.78, 5) is 27.8. The second-order valence-corrected chi connectivity index (χ2v) is 9.28. The number of aromatic nitrogens is 2. The van der Waals surface area contributed by atoms with Crippen LogP contribution in [0.1, 0.15) is 24.0 Å². The number of anilines is 1. The summed E-state index contributed by atoms with van der Waals surface area (Å²) >= 11 is 10.2. The van der Waals surface area contributed by atoms with Crippen LogP contribution in [0.5, 0.6) is 11.5 Å². The molecule has 1 unspecified atom stereocenters. The van der Waals surface area contributed by atoms with Crippen LogP contribution in [0.4, 0.5) is 5.82 Å². The lowest BCUT2D eigenvalue weighted by atomic mass is 9.79. The number of hydrogen-bond acceptors (Lipinski definition) is 8. The lowest BCUT2D eigenvalue weighted by Gasteiger charge is -2.36. The number of hydrogen-bond donors (Lipinski definition) is 4. The van der Waals surface area contributed by atoms with E-state index < -0.39 is 11.8 Å². The zero-order valence-corrected chi connectivity index (χ0v) is 20.7. The van der Waals surface area contributed by atoms with Crippen molar-refractivity contribution >= 4 is 41.7 Å². The fourth-order valence-electron chi connectivity index (χ4n) is 4.36. The molecule has 1 atom stereocenters. The number of halogens is 1. The molecule has 0 bridgehead atoms. The molecule has 1 aromatic heterocycles. The molecule has 2 aliphatic heterocycles. The van der Waals surface area contributed by atoms with Gasteiger partial charge >= 0.3 is 0 Å². The molecule has 3 N–H and O–H groups in total. The van der Waals surface area contributed by atoms with E-state index in [9.17, 15) is 9.59 Å². The number of fused-ring (bicyclic) bond motifs is 1. The highest BCUT2D eigenvalue weighted by atomic mass is 35.5. The lowest BCUT2D eigenvalue weighted by molar-refractivity contribution is -0.131. The molecule has 0 fully saturated rings. The molecule has 3 heterocycles. The van der Waals surface area contributed by atoms with E-state index in [1.165, 1.54) is 11.8 Å². The van der Waals surface area contributed by atoms with Crippen LogP contribution in [-0.4, -0.2) is 39.9 Å². The van der Waals surface area contributed by atoms with Crippen molar-refractivity contribution in [2.45, 2.75) is 12.8 Å². The number of H-pyrrole nitrogens is 1. The van der Waals surface area contributed by atoms with Crippen molar-refractivity contribution in [2.75, 3.05) is 18.4 Å². The summed E-state index contributed by atoms with van der Waals surface area (Å²) in [5.74, 6) is 0.781. The molecule has 1 amide bonds. The van der Waals surface area contributed by atoms with Crippen LogP contribution in [0.2, 0.25) is 5.02 Å². The van der Waals surface area contributed by atoms with Crippen molar-refractivity contribution < 1.29 is 14.3 Å². The first kappa shape index (κ1) is 23.8. The molecular formula is C25H21ClN6O3S. The third kappa shape index (κ3) is 4.40. The Kier molecular flexibility index (Phi) is 6.38. The number of Topliss-reactive ketones (excluding diaryl/α,β-unsaturated/α-hetero) is 1. The quantitative estimate of drug-likeness (QED) is 0.207. The molecule has 3 aromatic rings. The molecule has 11 heteroatoms. The van der Waals surface area contributed by atoms with Gasteiger partial charge in [-0.15, -0.1) is 12.6 Å². The van der Waals surface area contributed by atoms with Crippen molar-refractivity contribution in [3.05, 3.63) is 92.7 Å². The second-order valence-electron chi connectivity index (χ2n) is 8.40. The van der Waals surface area contributed by atoms with E-state index in [0.717, 1.165) is 11.1 Å². The predicted molar refractivity (Wildman–Crippen MR) is 137 cm³/mol. The number of ether oxygens (including phenoxy) is 1. The summed E-state index contributed by atoms with van der Waals surface area (Å²) in [7, 11) is 0. The SMILES string of the molecule is C/C(N=N)=C(/S)C(=O)N1CC(=O)C2=C(C1)Nc1n[nH]cc1C2c1cccc(Oc2ccc(Cl)cc2)c1. The highest BCUT2D eigenvalue weighted by molar-refractivity contribution is 7.85. The number of rotatable bonds is 5. The summed E-state index contributed by atoms with van der Waals surface area (Å²) in [6.45, 7) is 1.58. The first-order chi connectivity index (χ1) is 17.4. The van der Waals surface area contributed by atoms with E-state index >= 15 is 0 Å². The van der Waals surface area contributed by atoms with Gasteiger partial charge in [0.05, 0.1) is 23.7 Å². The fraction of sp³-hybridized carbons (Fsp3) is 0.160. The summed E-state index contributed by atoms with van der Waals surface area (Å²) in [6, 6.07) is 14.6. The first-order valence-electron chi connectivity index (χ1n) is 11.0. The van der Waals surface area contributed by atoms with Gasteiger partial charge in [0.2, 0.25) is 0 Å². The summed E-state index contributed by atoms with van der Waals surface area (Å²) in [5.41, 5.74) is 10.2. The molecule has 36 heavy (non-hydrogen) atoms. The Morgan fingerprint density at radius 2 is 2.00 bits per heavy atom. The number of allylic oxidation sites excluding steroid dienone is 1. The van der Waals surface area contributed by atoms with Crippen LogP contribution >= 0.6 is 24.2 Å². The normalized spacial score (nSPS) is 17.6. The number of carbonyl (C=O) groups is 2. The zero-order valence-electron chi connectivity index (χ0n) is 19.1. The number of nitrogens with one attached hydrogen (secondary N) is 3. The van der Waals surface area contributed by atoms with Gasteiger partial charge < -0.3 is 15.0 Å².